The minimum absolute atomic E-state index is 0.0202. The zero-order valence-electron chi connectivity index (χ0n) is 16.2. The molecule has 0 bridgehead atoms. The fraction of sp³-hybridized carbons (Fsp3) is 0.136. The molecule has 0 amide bonds. The van der Waals surface area contributed by atoms with Gasteiger partial charge in [0.2, 0.25) is 0 Å². The number of nitrogens with two attached hydrogens (primary N) is 1. The van der Waals surface area contributed by atoms with Gasteiger partial charge in [-0.1, -0.05) is 18.2 Å². The number of halogens is 3. The molecule has 0 saturated carbocycles. The van der Waals surface area contributed by atoms with E-state index in [4.69, 9.17) is 10.5 Å². The number of fused-ring (bicyclic) bond motifs is 2. The van der Waals surface area contributed by atoms with E-state index < -0.39 is 23.3 Å². The van der Waals surface area contributed by atoms with E-state index in [0.29, 0.717) is 11.2 Å². The van der Waals surface area contributed by atoms with Crippen molar-refractivity contribution in [3.05, 3.63) is 76.2 Å². The topological polar surface area (TPSA) is 87.2 Å². The average molecular weight is 427 g/mol. The molecule has 0 aliphatic rings. The molecule has 158 valence electrons. The number of benzene rings is 2. The summed E-state index contributed by atoms with van der Waals surface area (Å²) in [5, 5.41) is 0.398. The number of esters is 1. The number of nitrogens with zero attached hydrogens (tertiary/aromatic N) is 2. The fourth-order valence-electron chi connectivity index (χ4n) is 3.52. The highest BCUT2D eigenvalue weighted by atomic mass is 19.4. The Bertz CT molecular complexity index is 1390. The molecule has 6 nitrogen and oxygen atoms in total. The van der Waals surface area contributed by atoms with E-state index in [2.05, 4.69) is 4.98 Å². The molecule has 0 aliphatic heterocycles. The molecule has 0 saturated heterocycles. The van der Waals surface area contributed by atoms with Gasteiger partial charge in [-0.05, 0) is 37.3 Å². The lowest BCUT2D eigenvalue weighted by atomic mass is 10.0. The number of aromatic nitrogens is 2. The number of carbonyl (C=O) groups excluding carboxylic acids is 1. The number of ether oxygens (including phenoxy) is 1. The molecule has 0 unspecified atom stereocenters. The Morgan fingerprint density at radius 1 is 1.13 bits per heavy atom. The van der Waals surface area contributed by atoms with Gasteiger partial charge >= 0.3 is 12.1 Å². The van der Waals surface area contributed by atoms with Crippen molar-refractivity contribution in [1.82, 2.24) is 9.55 Å². The minimum Gasteiger partial charge on any atom is -0.462 e. The van der Waals surface area contributed by atoms with Crippen molar-refractivity contribution in [2.45, 2.75) is 13.1 Å². The SMILES string of the molecule is CCOC(=O)c1c(N)n(-c2cccc3cccnc23)c(=O)c2ccc(C(F)(F)F)cc12. The predicted molar refractivity (Wildman–Crippen MR) is 110 cm³/mol. The van der Waals surface area contributed by atoms with Crippen LogP contribution in [-0.2, 0) is 10.9 Å². The molecule has 2 aromatic carbocycles. The minimum atomic E-state index is -4.66. The Balaban J connectivity index is 2.15. The number of anilines is 1. The van der Waals surface area contributed by atoms with Crippen LogP contribution in [0.2, 0.25) is 0 Å². The third-order valence-corrected chi connectivity index (χ3v) is 4.88. The van der Waals surface area contributed by atoms with Gasteiger partial charge in [-0.3, -0.25) is 14.3 Å². The van der Waals surface area contributed by atoms with E-state index >= 15 is 0 Å². The normalized spacial score (nSPS) is 11.7. The van der Waals surface area contributed by atoms with Crippen LogP contribution in [0.3, 0.4) is 0 Å². The van der Waals surface area contributed by atoms with Gasteiger partial charge in [0.15, 0.2) is 0 Å². The summed E-state index contributed by atoms with van der Waals surface area (Å²) in [6.45, 7) is 1.54. The first-order valence-electron chi connectivity index (χ1n) is 9.30. The van der Waals surface area contributed by atoms with E-state index in [0.717, 1.165) is 28.2 Å². The van der Waals surface area contributed by atoms with Gasteiger partial charge in [0.25, 0.3) is 5.56 Å². The van der Waals surface area contributed by atoms with E-state index in [1.807, 2.05) is 0 Å². The molecular formula is C22H16F3N3O3. The van der Waals surface area contributed by atoms with Gasteiger partial charge in [0, 0.05) is 22.4 Å². The third-order valence-electron chi connectivity index (χ3n) is 4.88. The summed E-state index contributed by atoms with van der Waals surface area (Å²) < 4.78 is 45.9. The second kappa shape index (κ2) is 7.42. The first-order valence-corrected chi connectivity index (χ1v) is 9.30. The summed E-state index contributed by atoms with van der Waals surface area (Å²) >= 11 is 0. The Morgan fingerprint density at radius 3 is 2.58 bits per heavy atom. The van der Waals surface area contributed by atoms with Crippen LogP contribution in [-0.4, -0.2) is 22.1 Å². The van der Waals surface area contributed by atoms with Gasteiger partial charge in [-0.15, -0.1) is 0 Å². The summed E-state index contributed by atoms with van der Waals surface area (Å²) in [5.74, 6) is -1.25. The van der Waals surface area contributed by atoms with Crippen molar-refractivity contribution in [2.24, 2.45) is 0 Å². The van der Waals surface area contributed by atoms with Gasteiger partial charge in [0.1, 0.15) is 11.4 Å². The van der Waals surface area contributed by atoms with Gasteiger partial charge in [0.05, 0.1) is 23.4 Å². The monoisotopic (exact) mass is 427 g/mol. The molecule has 0 radical (unpaired) electrons. The maximum absolute atomic E-state index is 13.3. The number of alkyl halides is 3. The number of rotatable bonds is 3. The second-order valence-corrected chi connectivity index (χ2v) is 6.73. The zero-order valence-corrected chi connectivity index (χ0v) is 16.2. The molecule has 4 rings (SSSR count). The molecule has 0 atom stereocenters. The van der Waals surface area contributed by atoms with Crippen LogP contribution in [0.15, 0.2) is 59.5 Å². The van der Waals surface area contributed by atoms with Crippen LogP contribution < -0.4 is 11.3 Å². The van der Waals surface area contributed by atoms with Crippen LogP contribution >= 0.6 is 0 Å². The van der Waals surface area contributed by atoms with Gasteiger partial charge in [-0.25, -0.2) is 4.79 Å². The molecule has 2 heterocycles. The number of nitrogen functional groups attached to an aromatic ring is 1. The molecule has 9 heteroatoms. The van der Waals surface area contributed by atoms with Crippen LogP contribution in [0.25, 0.3) is 27.4 Å². The first kappa shape index (κ1) is 20.4. The fourth-order valence-corrected chi connectivity index (χ4v) is 3.52. The molecule has 2 aromatic heterocycles. The highest BCUT2D eigenvalue weighted by Crippen LogP contribution is 2.34. The summed E-state index contributed by atoms with van der Waals surface area (Å²) in [6.07, 6.45) is -3.13. The molecular weight excluding hydrogens is 411 g/mol. The maximum atomic E-state index is 13.3. The number of carbonyl (C=O) groups is 1. The van der Waals surface area contributed by atoms with Crippen LogP contribution in [0.1, 0.15) is 22.8 Å². The first-order chi connectivity index (χ1) is 14.7. The number of para-hydroxylation sites is 1. The quantitative estimate of drug-likeness (QED) is 0.492. The molecule has 0 spiro atoms. The largest absolute Gasteiger partial charge is 0.462 e. The van der Waals surface area contributed by atoms with E-state index in [1.165, 1.54) is 6.20 Å². The van der Waals surface area contributed by atoms with Gasteiger partial charge in [-0.2, -0.15) is 13.2 Å². The van der Waals surface area contributed by atoms with E-state index in [1.54, 1.807) is 37.3 Å². The highest BCUT2D eigenvalue weighted by Gasteiger charge is 2.32. The molecule has 31 heavy (non-hydrogen) atoms. The Morgan fingerprint density at radius 2 is 1.87 bits per heavy atom. The number of hydrogen-bond acceptors (Lipinski definition) is 5. The third kappa shape index (κ3) is 3.37. The standard InChI is InChI=1S/C22H16F3N3O3/c1-2-31-21(30)17-15-11-13(22(23,24)25)8-9-14(15)20(29)28(19(17)26)16-7-3-5-12-6-4-10-27-18(12)16/h3-11H,2,26H2,1H3. The summed E-state index contributed by atoms with van der Waals surface area (Å²) in [7, 11) is 0. The van der Waals surface area contributed by atoms with Crippen molar-refractivity contribution >= 4 is 33.5 Å². The summed E-state index contributed by atoms with van der Waals surface area (Å²) in [5.41, 5.74) is 4.97. The van der Waals surface area contributed by atoms with Crippen LogP contribution in [0, 0.1) is 0 Å². The smallest absolute Gasteiger partial charge is 0.416 e. The molecule has 0 aliphatic carbocycles. The van der Waals surface area contributed by atoms with Crippen LogP contribution in [0.5, 0.6) is 0 Å². The lowest BCUT2D eigenvalue weighted by Crippen LogP contribution is -2.26. The summed E-state index contributed by atoms with van der Waals surface area (Å²) in [4.78, 5) is 30.3. The Hall–Kier alpha value is -3.88. The van der Waals surface area contributed by atoms with Crippen molar-refractivity contribution < 1.29 is 22.7 Å². The second-order valence-electron chi connectivity index (χ2n) is 6.73. The Labute approximate surface area is 173 Å². The average Bonchev–Trinajstić information content (AvgIpc) is 2.73. The number of hydrogen-bond donors (Lipinski definition) is 1. The van der Waals surface area contributed by atoms with Crippen LogP contribution in [0.4, 0.5) is 19.0 Å². The van der Waals surface area contributed by atoms with Crippen molar-refractivity contribution in [3.63, 3.8) is 0 Å². The molecule has 4 aromatic rings. The van der Waals surface area contributed by atoms with Crippen molar-refractivity contribution in [1.29, 1.82) is 0 Å². The van der Waals surface area contributed by atoms with E-state index in [-0.39, 0.29) is 28.8 Å². The predicted octanol–water partition coefficient (Wildman–Crippen LogP) is 4.32. The molecule has 2 N–H and O–H groups in total. The molecule has 0 fully saturated rings. The Kier molecular flexibility index (Phi) is 4.88. The lowest BCUT2D eigenvalue weighted by molar-refractivity contribution is -0.137. The van der Waals surface area contributed by atoms with Gasteiger partial charge < -0.3 is 10.5 Å². The summed E-state index contributed by atoms with van der Waals surface area (Å²) in [6, 6.07) is 11.2. The maximum Gasteiger partial charge on any atom is 0.416 e. The van der Waals surface area contributed by atoms with E-state index in [9.17, 15) is 22.8 Å². The number of pyridine rings is 2. The zero-order chi connectivity index (χ0) is 22.3. The van der Waals surface area contributed by atoms with Crippen molar-refractivity contribution in [2.75, 3.05) is 12.3 Å². The highest BCUT2D eigenvalue weighted by molar-refractivity contribution is 6.09. The van der Waals surface area contributed by atoms with Crippen molar-refractivity contribution in [3.8, 4) is 5.69 Å². The lowest BCUT2D eigenvalue weighted by Gasteiger charge is -2.18.